The van der Waals surface area contributed by atoms with Crippen molar-refractivity contribution >= 4 is 11.8 Å². The van der Waals surface area contributed by atoms with Gasteiger partial charge in [-0.3, -0.25) is 14.5 Å². The molecule has 0 aromatic heterocycles. The maximum Gasteiger partial charge on any atom is 0.225 e. The molecule has 0 heterocycles. The van der Waals surface area contributed by atoms with Crippen LogP contribution in [0.5, 0.6) is 0 Å². The van der Waals surface area contributed by atoms with Crippen molar-refractivity contribution in [3.8, 4) is 0 Å². The van der Waals surface area contributed by atoms with Crippen LogP contribution in [0.25, 0.3) is 0 Å². The van der Waals surface area contributed by atoms with Crippen molar-refractivity contribution < 1.29 is 9.59 Å². The largest absolute Gasteiger partial charge is 0.286 e. The van der Waals surface area contributed by atoms with Gasteiger partial charge in [-0.25, -0.2) is 0 Å². The van der Waals surface area contributed by atoms with Gasteiger partial charge in [-0.2, -0.15) is 0 Å². The first-order valence-corrected chi connectivity index (χ1v) is 3.29. The highest BCUT2D eigenvalue weighted by Gasteiger charge is 2.04. The molecule has 0 atom stereocenters. The predicted octanol–water partition coefficient (Wildman–Crippen LogP) is 1.20. The molecular weight excluding hydrogens is 142 g/mol. The highest BCUT2D eigenvalue weighted by Crippen LogP contribution is 1.81. The van der Waals surface area contributed by atoms with E-state index in [4.69, 9.17) is 0 Å². The molecule has 0 rings (SSSR count). The number of hydrogen-bond acceptors (Lipinski definition) is 2. The number of rotatable bonds is 0. The second kappa shape index (κ2) is 6.99. The molecule has 0 aromatic carbocycles. The summed E-state index contributed by atoms with van der Waals surface area (Å²) in [5, 5.41) is 0. The Labute approximate surface area is 67.7 Å². The van der Waals surface area contributed by atoms with Gasteiger partial charge in [-0.05, 0) is 6.92 Å². The SMILES string of the molecule is C=CC.CC(=O)N(C)C(C)=O. The Hall–Kier alpha value is -1.12. The van der Waals surface area contributed by atoms with Gasteiger partial charge >= 0.3 is 0 Å². The van der Waals surface area contributed by atoms with Crippen molar-refractivity contribution in [2.45, 2.75) is 20.8 Å². The number of nitrogens with zero attached hydrogens (tertiary/aromatic N) is 1. The van der Waals surface area contributed by atoms with Crippen LogP contribution in [-0.2, 0) is 9.59 Å². The molecule has 64 valence electrons. The Kier molecular flexibility index (Phi) is 7.98. The van der Waals surface area contributed by atoms with E-state index < -0.39 is 0 Å². The maximum atomic E-state index is 10.3. The number of amides is 2. The molecule has 0 aliphatic rings. The fraction of sp³-hybridized carbons (Fsp3) is 0.500. The average Bonchev–Trinajstić information content (AvgIpc) is 1.87. The molecule has 0 radical (unpaired) electrons. The first kappa shape index (κ1) is 12.5. The monoisotopic (exact) mass is 157 g/mol. The minimum atomic E-state index is -0.225. The quantitative estimate of drug-likeness (QED) is 0.495. The van der Waals surface area contributed by atoms with Crippen molar-refractivity contribution in [2.75, 3.05) is 7.05 Å². The lowest BCUT2D eigenvalue weighted by atomic mass is 10.5. The summed E-state index contributed by atoms with van der Waals surface area (Å²) in [6.45, 7) is 7.95. The summed E-state index contributed by atoms with van der Waals surface area (Å²) in [6.07, 6.45) is 1.75. The van der Waals surface area contributed by atoms with Crippen molar-refractivity contribution in [3.05, 3.63) is 12.7 Å². The summed E-state index contributed by atoms with van der Waals surface area (Å²) in [5.74, 6) is -0.449. The summed E-state index contributed by atoms with van der Waals surface area (Å²) in [6, 6.07) is 0. The number of allylic oxidation sites excluding steroid dienone is 1. The van der Waals surface area contributed by atoms with Gasteiger partial charge in [-0.1, -0.05) is 6.08 Å². The van der Waals surface area contributed by atoms with Crippen LogP contribution in [0.15, 0.2) is 12.7 Å². The van der Waals surface area contributed by atoms with Crippen LogP contribution in [-0.4, -0.2) is 23.8 Å². The van der Waals surface area contributed by atoms with Gasteiger partial charge in [0.25, 0.3) is 0 Å². The van der Waals surface area contributed by atoms with Crippen molar-refractivity contribution in [1.82, 2.24) is 4.90 Å². The fourth-order valence-corrected chi connectivity index (χ4v) is 0.222. The number of hydrogen-bond donors (Lipinski definition) is 0. The van der Waals surface area contributed by atoms with Crippen molar-refractivity contribution in [3.63, 3.8) is 0 Å². The lowest BCUT2D eigenvalue weighted by Gasteiger charge is -2.07. The molecule has 0 saturated heterocycles. The number of carbonyl (C=O) groups is 2. The summed E-state index contributed by atoms with van der Waals surface area (Å²) >= 11 is 0. The minimum Gasteiger partial charge on any atom is -0.286 e. The summed E-state index contributed by atoms with van der Waals surface area (Å²) < 4.78 is 0. The molecule has 3 nitrogen and oxygen atoms in total. The zero-order chi connectivity index (χ0) is 9.44. The van der Waals surface area contributed by atoms with Gasteiger partial charge in [-0.15, -0.1) is 6.58 Å². The van der Waals surface area contributed by atoms with E-state index in [2.05, 4.69) is 6.58 Å². The number of carbonyl (C=O) groups excluding carboxylic acids is 2. The molecule has 0 fully saturated rings. The topological polar surface area (TPSA) is 37.4 Å². The Bertz CT molecular complexity index is 138. The Morgan fingerprint density at radius 1 is 1.27 bits per heavy atom. The van der Waals surface area contributed by atoms with Crippen LogP contribution in [0.3, 0.4) is 0 Å². The van der Waals surface area contributed by atoms with Crippen LogP contribution in [0.1, 0.15) is 20.8 Å². The van der Waals surface area contributed by atoms with E-state index >= 15 is 0 Å². The standard InChI is InChI=1S/C5H9NO2.C3H6/c1-4(7)6(3)5(2)8;1-3-2/h1-3H3;3H,1H2,2H3. The first-order valence-electron chi connectivity index (χ1n) is 3.29. The van der Waals surface area contributed by atoms with Gasteiger partial charge in [0.05, 0.1) is 0 Å². The summed E-state index contributed by atoms with van der Waals surface area (Å²) in [7, 11) is 1.45. The molecule has 0 unspecified atom stereocenters. The van der Waals surface area contributed by atoms with Crippen molar-refractivity contribution in [2.24, 2.45) is 0 Å². The highest BCUT2D eigenvalue weighted by atomic mass is 16.2. The second-order valence-electron chi connectivity index (χ2n) is 2.01. The minimum absolute atomic E-state index is 0.225. The molecule has 0 aromatic rings. The van der Waals surface area contributed by atoms with E-state index in [-0.39, 0.29) is 11.8 Å². The zero-order valence-corrected chi connectivity index (χ0v) is 7.55. The predicted molar refractivity (Wildman–Crippen MR) is 45.0 cm³/mol. The van der Waals surface area contributed by atoms with Crippen molar-refractivity contribution in [1.29, 1.82) is 0 Å². The van der Waals surface area contributed by atoms with Crippen LogP contribution >= 0.6 is 0 Å². The molecule has 0 N–H and O–H groups in total. The average molecular weight is 157 g/mol. The first-order chi connectivity index (χ1) is 4.97. The second-order valence-corrected chi connectivity index (χ2v) is 2.01. The molecule has 0 bridgehead atoms. The molecule has 2 amide bonds. The van der Waals surface area contributed by atoms with Gasteiger partial charge in [0.2, 0.25) is 11.8 Å². The van der Waals surface area contributed by atoms with Gasteiger partial charge in [0, 0.05) is 20.9 Å². The van der Waals surface area contributed by atoms with E-state index in [1.807, 2.05) is 6.92 Å². The van der Waals surface area contributed by atoms with Crippen LogP contribution in [0.4, 0.5) is 0 Å². The van der Waals surface area contributed by atoms with E-state index in [9.17, 15) is 9.59 Å². The lowest BCUT2D eigenvalue weighted by molar-refractivity contribution is -0.140. The smallest absolute Gasteiger partial charge is 0.225 e. The third-order valence-electron chi connectivity index (χ3n) is 0.945. The van der Waals surface area contributed by atoms with Gasteiger partial charge in [0.15, 0.2) is 0 Å². The van der Waals surface area contributed by atoms with E-state index in [0.717, 1.165) is 4.90 Å². The molecule has 0 aliphatic carbocycles. The number of imide groups is 1. The fourth-order valence-electron chi connectivity index (χ4n) is 0.222. The van der Waals surface area contributed by atoms with Gasteiger partial charge in [0.1, 0.15) is 0 Å². The molecular formula is C8H15NO2. The third-order valence-corrected chi connectivity index (χ3v) is 0.945. The van der Waals surface area contributed by atoms with E-state index in [1.54, 1.807) is 6.08 Å². The molecule has 3 heteroatoms. The van der Waals surface area contributed by atoms with Crippen LogP contribution < -0.4 is 0 Å². The van der Waals surface area contributed by atoms with Gasteiger partial charge < -0.3 is 0 Å². The molecule has 11 heavy (non-hydrogen) atoms. The van der Waals surface area contributed by atoms with E-state index in [1.165, 1.54) is 20.9 Å². The molecule has 0 spiro atoms. The summed E-state index contributed by atoms with van der Waals surface area (Å²) in [4.78, 5) is 21.6. The maximum absolute atomic E-state index is 10.3. The Balaban J connectivity index is 0. The van der Waals surface area contributed by atoms with E-state index in [0.29, 0.717) is 0 Å². The van der Waals surface area contributed by atoms with Crippen LogP contribution in [0, 0.1) is 0 Å². The van der Waals surface area contributed by atoms with Crippen LogP contribution in [0.2, 0.25) is 0 Å². The molecule has 0 aliphatic heterocycles. The normalized spacial score (nSPS) is 7.27. The Morgan fingerprint density at radius 2 is 1.45 bits per heavy atom. The molecule has 0 saturated carbocycles. The summed E-state index contributed by atoms with van der Waals surface area (Å²) in [5.41, 5.74) is 0. The zero-order valence-electron chi connectivity index (χ0n) is 7.55. The Morgan fingerprint density at radius 3 is 1.45 bits per heavy atom. The lowest BCUT2D eigenvalue weighted by Crippen LogP contribution is -2.28. The highest BCUT2D eigenvalue weighted by molar-refractivity contribution is 5.92. The third kappa shape index (κ3) is 8.88.